The van der Waals surface area contributed by atoms with Gasteiger partial charge in [0.2, 0.25) is 0 Å². The van der Waals surface area contributed by atoms with Crippen molar-refractivity contribution in [3.05, 3.63) is 10.2 Å². The van der Waals surface area contributed by atoms with Crippen LogP contribution in [0.25, 0.3) is 11.2 Å². The van der Waals surface area contributed by atoms with Gasteiger partial charge in [0.05, 0.1) is 12.9 Å². The number of anilines is 1. The monoisotopic (exact) mass is 433 g/mol. The topological polar surface area (TPSA) is 118 Å². The van der Waals surface area contributed by atoms with Crippen molar-refractivity contribution in [2.75, 3.05) is 12.3 Å². The fraction of sp³-hybridized carbons (Fsp3) is 0.615. The first kappa shape index (κ1) is 15.4. The second-order valence-corrected chi connectivity index (χ2v) is 6.98. The third kappa shape index (κ3) is 2.39. The minimum Gasteiger partial charge on any atom is -0.394 e. The molecular formula is C13H16IN5O4. The smallest absolute Gasteiger partial charge is 0.194 e. The van der Waals surface area contributed by atoms with Crippen molar-refractivity contribution in [2.45, 2.75) is 44.2 Å². The number of nitrogen functional groups attached to an aromatic ring is 1. The standard InChI is InChI=1S/C13H16IN5O4/c1-13(2)22-7-5(3-20)21-11(8(7)23-13)19-4-16-6-9(15)17-12(14)18-10(6)19/h4-5,7-8,11,20H,3H2,1-2H3,(H2,15,17,18)/t5-,7+,8+,11-/m1/s1. The molecule has 4 heterocycles. The highest BCUT2D eigenvalue weighted by atomic mass is 127. The predicted molar refractivity (Wildman–Crippen MR) is 87.3 cm³/mol. The number of aliphatic hydroxyl groups excluding tert-OH is 1. The summed E-state index contributed by atoms with van der Waals surface area (Å²) in [7, 11) is 0. The van der Waals surface area contributed by atoms with E-state index in [1.165, 1.54) is 0 Å². The summed E-state index contributed by atoms with van der Waals surface area (Å²) in [5.41, 5.74) is 6.98. The van der Waals surface area contributed by atoms with E-state index in [4.69, 9.17) is 19.9 Å². The fourth-order valence-corrected chi connectivity index (χ4v) is 3.62. The first-order valence-electron chi connectivity index (χ1n) is 7.17. The number of imidazole rings is 1. The Hall–Kier alpha value is -1.08. The van der Waals surface area contributed by atoms with Crippen LogP contribution in [0.1, 0.15) is 20.1 Å². The zero-order valence-corrected chi connectivity index (χ0v) is 14.7. The van der Waals surface area contributed by atoms with Crippen LogP contribution in [0.3, 0.4) is 0 Å². The number of hydrogen-bond acceptors (Lipinski definition) is 8. The third-order valence-corrected chi connectivity index (χ3v) is 4.48. The molecule has 4 atom stereocenters. The average molecular weight is 433 g/mol. The van der Waals surface area contributed by atoms with Gasteiger partial charge in [-0.1, -0.05) is 0 Å². The van der Waals surface area contributed by atoms with Crippen LogP contribution in [-0.4, -0.2) is 55.3 Å². The Labute approximate surface area is 145 Å². The van der Waals surface area contributed by atoms with E-state index in [0.29, 0.717) is 20.8 Å². The molecule has 0 saturated carbocycles. The van der Waals surface area contributed by atoms with Crippen LogP contribution in [0.5, 0.6) is 0 Å². The lowest BCUT2D eigenvalue weighted by Gasteiger charge is -2.24. The van der Waals surface area contributed by atoms with E-state index in [2.05, 4.69) is 15.0 Å². The molecule has 0 spiro atoms. The summed E-state index contributed by atoms with van der Waals surface area (Å²) in [6.45, 7) is 3.52. The minimum atomic E-state index is -0.733. The number of ether oxygens (including phenoxy) is 3. The first-order chi connectivity index (χ1) is 10.9. The molecule has 0 unspecified atom stereocenters. The van der Waals surface area contributed by atoms with Gasteiger partial charge in [0.15, 0.2) is 27.3 Å². The molecule has 2 aliphatic rings. The van der Waals surface area contributed by atoms with Crippen molar-refractivity contribution in [1.29, 1.82) is 0 Å². The molecule has 2 fully saturated rings. The van der Waals surface area contributed by atoms with Crippen LogP contribution in [0.4, 0.5) is 5.82 Å². The third-order valence-electron chi connectivity index (χ3n) is 4.00. The molecule has 0 bridgehead atoms. The van der Waals surface area contributed by atoms with Gasteiger partial charge in [-0.3, -0.25) is 4.57 Å². The van der Waals surface area contributed by atoms with Gasteiger partial charge in [-0.2, -0.15) is 0 Å². The molecular weight excluding hydrogens is 417 g/mol. The lowest BCUT2D eigenvalue weighted by Crippen LogP contribution is -2.31. The molecule has 0 radical (unpaired) electrons. The summed E-state index contributed by atoms with van der Waals surface area (Å²) < 4.78 is 20.0. The Morgan fingerprint density at radius 3 is 2.83 bits per heavy atom. The largest absolute Gasteiger partial charge is 0.394 e. The molecule has 2 aromatic heterocycles. The molecule has 9 nitrogen and oxygen atoms in total. The van der Waals surface area contributed by atoms with Crippen LogP contribution in [-0.2, 0) is 14.2 Å². The number of aromatic nitrogens is 4. The number of nitrogens with zero attached hydrogens (tertiary/aromatic N) is 4. The molecule has 4 rings (SSSR count). The van der Waals surface area contributed by atoms with E-state index in [1.54, 1.807) is 10.9 Å². The van der Waals surface area contributed by atoms with Crippen molar-refractivity contribution in [2.24, 2.45) is 0 Å². The highest BCUT2D eigenvalue weighted by Crippen LogP contribution is 2.43. The normalized spacial score (nSPS) is 32.5. The summed E-state index contributed by atoms with van der Waals surface area (Å²) in [4.78, 5) is 12.8. The van der Waals surface area contributed by atoms with Crippen LogP contribution in [0, 0.1) is 3.83 Å². The molecule has 2 aliphatic heterocycles. The highest BCUT2D eigenvalue weighted by molar-refractivity contribution is 14.1. The Bertz CT molecular complexity index is 766. The summed E-state index contributed by atoms with van der Waals surface area (Å²) in [6.07, 6.45) is -0.0947. The van der Waals surface area contributed by atoms with Gasteiger partial charge in [0, 0.05) is 22.6 Å². The maximum atomic E-state index is 9.57. The predicted octanol–water partition coefficient (Wildman–Crippen LogP) is 0.423. The van der Waals surface area contributed by atoms with Gasteiger partial charge in [-0.05, 0) is 13.8 Å². The van der Waals surface area contributed by atoms with Crippen LogP contribution < -0.4 is 5.73 Å². The Morgan fingerprint density at radius 1 is 1.35 bits per heavy atom. The molecule has 3 N–H and O–H groups in total. The second kappa shape index (κ2) is 5.21. The van der Waals surface area contributed by atoms with E-state index in [-0.39, 0.29) is 18.8 Å². The van der Waals surface area contributed by atoms with Crippen molar-refractivity contribution < 1.29 is 19.3 Å². The lowest BCUT2D eigenvalue weighted by molar-refractivity contribution is -0.199. The molecule has 0 aromatic carbocycles. The van der Waals surface area contributed by atoms with Gasteiger partial charge in [0.1, 0.15) is 23.8 Å². The van der Waals surface area contributed by atoms with E-state index in [1.807, 2.05) is 36.4 Å². The highest BCUT2D eigenvalue weighted by Gasteiger charge is 2.55. The van der Waals surface area contributed by atoms with E-state index in [9.17, 15) is 5.11 Å². The summed E-state index contributed by atoms with van der Waals surface area (Å²) in [5.74, 6) is -0.417. The summed E-state index contributed by atoms with van der Waals surface area (Å²) in [6, 6.07) is 0. The van der Waals surface area contributed by atoms with Gasteiger partial charge < -0.3 is 25.1 Å². The molecule has 10 heteroatoms. The number of nitrogens with two attached hydrogens (primary N) is 1. The molecule has 124 valence electrons. The fourth-order valence-electron chi connectivity index (χ4n) is 3.13. The number of aliphatic hydroxyl groups is 1. The minimum absolute atomic E-state index is 0.154. The van der Waals surface area contributed by atoms with Gasteiger partial charge >= 0.3 is 0 Å². The van der Waals surface area contributed by atoms with Gasteiger partial charge in [-0.15, -0.1) is 0 Å². The van der Waals surface area contributed by atoms with Crippen LogP contribution >= 0.6 is 22.6 Å². The summed E-state index contributed by atoms with van der Waals surface area (Å²) >= 11 is 2.00. The van der Waals surface area contributed by atoms with Crippen molar-refractivity contribution >= 4 is 39.6 Å². The quantitative estimate of drug-likeness (QED) is 0.517. The second-order valence-electron chi connectivity index (χ2n) is 6.01. The maximum absolute atomic E-state index is 9.57. The summed E-state index contributed by atoms with van der Waals surface area (Å²) in [5, 5.41) is 9.57. The SMILES string of the molecule is CC1(C)O[C@@H]2[C@H](O1)[C@H](n1cnc3c(N)nc(I)nc31)O[C@@H]2CO. The van der Waals surface area contributed by atoms with Crippen molar-refractivity contribution in [1.82, 2.24) is 19.5 Å². The lowest BCUT2D eigenvalue weighted by atomic mass is 10.1. The zero-order chi connectivity index (χ0) is 16.4. The van der Waals surface area contributed by atoms with E-state index in [0.717, 1.165) is 0 Å². The first-order valence-corrected chi connectivity index (χ1v) is 8.25. The Balaban J connectivity index is 1.79. The van der Waals surface area contributed by atoms with Crippen LogP contribution in [0.2, 0.25) is 0 Å². The van der Waals surface area contributed by atoms with Crippen LogP contribution in [0.15, 0.2) is 6.33 Å². The number of fused-ring (bicyclic) bond motifs is 2. The number of halogens is 1. The molecule has 2 aromatic rings. The van der Waals surface area contributed by atoms with Crippen molar-refractivity contribution in [3.63, 3.8) is 0 Å². The van der Waals surface area contributed by atoms with E-state index >= 15 is 0 Å². The molecule has 2 saturated heterocycles. The number of rotatable bonds is 2. The Morgan fingerprint density at radius 2 is 2.09 bits per heavy atom. The molecule has 0 aliphatic carbocycles. The maximum Gasteiger partial charge on any atom is 0.194 e. The van der Waals surface area contributed by atoms with E-state index < -0.39 is 18.1 Å². The Kier molecular flexibility index (Phi) is 3.50. The van der Waals surface area contributed by atoms with Crippen molar-refractivity contribution in [3.8, 4) is 0 Å². The average Bonchev–Trinajstić information content (AvgIpc) is 3.09. The van der Waals surface area contributed by atoms with Gasteiger partial charge in [0.25, 0.3) is 0 Å². The zero-order valence-electron chi connectivity index (χ0n) is 12.5. The molecule has 23 heavy (non-hydrogen) atoms. The number of hydrogen-bond donors (Lipinski definition) is 2. The van der Waals surface area contributed by atoms with Gasteiger partial charge in [-0.25, -0.2) is 15.0 Å². The molecule has 0 amide bonds.